The van der Waals surface area contributed by atoms with Crippen LogP contribution in [0.3, 0.4) is 0 Å². The van der Waals surface area contributed by atoms with Gasteiger partial charge in [-0.15, -0.1) is 0 Å². The van der Waals surface area contributed by atoms with Gasteiger partial charge in [-0.3, -0.25) is 9.63 Å². The van der Waals surface area contributed by atoms with E-state index >= 15 is 0 Å². The maximum atomic E-state index is 11.5. The van der Waals surface area contributed by atoms with E-state index in [1.165, 1.54) is 0 Å². The molecule has 2 atom stereocenters. The summed E-state index contributed by atoms with van der Waals surface area (Å²) in [7, 11) is 0. The Balaban J connectivity index is 1.87. The minimum atomic E-state index is -0.827. The van der Waals surface area contributed by atoms with Gasteiger partial charge >= 0.3 is 5.97 Å². The van der Waals surface area contributed by atoms with E-state index in [0.29, 0.717) is 13.0 Å². The molecule has 0 bridgehead atoms. The monoisotopic (exact) mass is 299 g/mol. The molecule has 4 heteroatoms. The second-order valence-corrected chi connectivity index (χ2v) is 5.32. The van der Waals surface area contributed by atoms with Crippen molar-refractivity contribution in [2.75, 3.05) is 0 Å². The number of carboxylic acids is 1. The van der Waals surface area contributed by atoms with E-state index in [1.54, 1.807) is 0 Å². The van der Waals surface area contributed by atoms with Gasteiger partial charge in [0, 0.05) is 6.04 Å². The second-order valence-electron chi connectivity index (χ2n) is 5.32. The lowest BCUT2D eigenvalue weighted by atomic mass is 9.94. The third-order valence-corrected chi connectivity index (χ3v) is 3.57. The van der Waals surface area contributed by atoms with E-state index in [0.717, 1.165) is 11.1 Å². The number of hydrogen-bond acceptors (Lipinski definition) is 3. The van der Waals surface area contributed by atoms with Crippen molar-refractivity contribution in [3.8, 4) is 0 Å². The summed E-state index contributed by atoms with van der Waals surface area (Å²) < 4.78 is 0. The predicted octanol–water partition coefficient (Wildman–Crippen LogP) is 3.04. The van der Waals surface area contributed by atoms with Crippen molar-refractivity contribution in [1.82, 2.24) is 5.48 Å². The summed E-state index contributed by atoms with van der Waals surface area (Å²) in [5, 5.41) is 9.43. The van der Waals surface area contributed by atoms with Crippen LogP contribution in [0, 0.1) is 5.92 Å². The zero-order valence-electron chi connectivity index (χ0n) is 12.6. The van der Waals surface area contributed by atoms with Crippen LogP contribution in [0.4, 0.5) is 0 Å². The minimum absolute atomic E-state index is 0.290. The largest absolute Gasteiger partial charge is 0.481 e. The molecule has 0 amide bonds. The summed E-state index contributed by atoms with van der Waals surface area (Å²) in [6.07, 6.45) is 0.471. The Hall–Kier alpha value is -2.17. The van der Waals surface area contributed by atoms with Crippen LogP contribution in [-0.4, -0.2) is 17.1 Å². The van der Waals surface area contributed by atoms with Crippen LogP contribution in [0.5, 0.6) is 0 Å². The summed E-state index contributed by atoms with van der Waals surface area (Å²) in [6.45, 7) is 2.23. The van der Waals surface area contributed by atoms with Crippen molar-refractivity contribution in [2.45, 2.75) is 26.0 Å². The van der Waals surface area contributed by atoms with Gasteiger partial charge in [-0.25, -0.2) is 0 Å². The Labute approximate surface area is 130 Å². The average molecular weight is 299 g/mol. The first-order chi connectivity index (χ1) is 10.7. The van der Waals surface area contributed by atoms with Crippen LogP contribution >= 0.6 is 0 Å². The van der Waals surface area contributed by atoms with E-state index in [1.807, 2.05) is 67.6 Å². The quantitative estimate of drug-likeness (QED) is 0.736. The zero-order chi connectivity index (χ0) is 15.8. The van der Waals surface area contributed by atoms with Crippen LogP contribution in [-0.2, 0) is 22.7 Å². The van der Waals surface area contributed by atoms with Gasteiger partial charge in [-0.1, -0.05) is 60.7 Å². The molecule has 0 radical (unpaired) electrons. The fraction of sp³-hybridized carbons (Fsp3) is 0.278. The molecule has 0 aromatic heterocycles. The lowest BCUT2D eigenvalue weighted by Crippen LogP contribution is -2.39. The smallest absolute Gasteiger partial charge is 0.308 e. The molecule has 2 aromatic rings. The third-order valence-electron chi connectivity index (χ3n) is 3.57. The molecular formula is C18H21NO3. The molecule has 2 N–H and O–H groups in total. The number of rotatable bonds is 8. The minimum Gasteiger partial charge on any atom is -0.481 e. The molecule has 0 saturated heterocycles. The molecule has 0 unspecified atom stereocenters. The van der Waals surface area contributed by atoms with Crippen LogP contribution in [0.1, 0.15) is 18.1 Å². The van der Waals surface area contributed by atoms with Crippen molar-refractivity contribution in [2.24, 2.45) is 5.92 Å². The molecule has 0 fully saturated rings. The van der Waals surface area contributed by atoms with Crippen molar-refractivity contribution in [1.29, 1.82) is 0 Å². The third kappa shape index (κ3) is 4.98. The Morgan fingerprint density at radius 1 is 1.05 bits per heavy atom. The second kappa shape index (κ2) is 8.32. The first-order valence-electron chi connectivity index (χ1n) is 7.35. The van der Waals surface area contributed by atoms with Crippen LogP contribution in [0.2, 0.25) is 0 Å². The highest BCUT2D eigenvalue weighted by Gasteiger charge is 2.25. The SMILES string of the molecule is C[C@H](NOCc1ccccc1)[C@H](Cc1ccccc1)C(=O)O. The molecule has 0 aliphatic rings. The van der Waals surface area contributed by atoms with Crippen LogP contribution < -0.4 is 5.48 Å². The topological polar surface area (TPSA) is 58.6 Å². The summed E-state index contributed by atoms with van der Waals surface area (Å²) in [6, 6.07) is 19.1. The Bertz CT molecular complexity index is 571. The van der Waals surface area contributed by atoms with E-state index in [9.17, 15) is 9.90 Å². The Kier molecular flexibility index (Phi) is 6.13. The fourth-order valence-electron chi connectivity index (χ4n) is 2.26. The number of nitrogens with one attached hydrogen (secondary N) is 1. The van der Waals surface area contributed by atoms with Crippen LogP contribution in [0.15, 0.2) is 60.7 Å². The summed E-state index contributed by atoms with van der Waals surface area (Å²) in [5.74, 6) is -1.37. The number of carbonyl (C=O) groups is 1. The van der Waals surface area contributed by atoms with Gasteiger partial charge < -0.3 is 5.11 Å². The van der Waals surface area contributed by atoms with Gasteiger partial charge in [-0.05, 0) is 24.5 Å². The molecule has 4 nitrogen and oxygen atoms in total. The normalized spacial score (nSPS) is 13.5. The Morgan fingerprint density at radius 3 is 2.14 bits per heavy atom. The van der Waals surface area contributed by atoms with Gasteiger partial charge in [-0.2, -0.15) is 5.48 Å². The molecule has 0 aliphatic heterocycles. The average Bonchev–Trinajstić information content (AvgIpc) is 2.54. The fourth-order valence-corrected chi connectivity index (χ4v) is 2.26. The summed E-state index contributed by atoms with van der Waals surface area (Å²) >= 11 is 0. The molecule has 0 heterocycles. The maximum absolute atomic E-state index is 11.5. The lowest BCUT2D eigenvalue weighted by Gasteiger charge is -2.21. The van der Waals surface area contributed by atoms with E-state index in [4.69, 9.17) is 4.84 Å². The van der Waals surface area contributed by atoms with Gasteiger partial charge in [0.2, 0.25) is 0 Å². The number of benzene rings is 2. The lowest BCUT2D eigenvalue weighted by molar-refractivity contribution is -0.144. The number of carboxylic acid groups (broad SMARTS) is 1. The molecule has 0 aliphatic carbocycles. The highest BCUT2D eigenvalue weighted by atomic mass is 16.6. The van der Waals surface area contributed by atoms with E-state index in [-0.39, 0.29) is 6.04 Å². The van der Waals surface area contributed by atoms with E-state index < -0.39 is 11.9 Å². The maximum Gasteiger partial charge on any atom is 0.308 e. The molecular weight excluding hydrogens is 278 g/mol. The van der Waals surface area contributed by atoms with Gasteiger partial charge in [0.25, 0.3) is 0 Å². The van der Waals surface area contributed by atoms with Gasteiger partial charge in [0.15, 0.2) is 0 Å². The highest BCUT2D eigenvalue weighted by molar-refractivity contribution is 5.71. The molecule has 2 aromatic carbocycles. The van der Waals surface area contributed by atoms with E-state index in [2.05, 4.69) is 5.48 Å². The van der Waals surface area contributed by atoms with Crippen molar-refractivity contribution in [3.63, 3.8) is 0 Å². The Morgan fingerprint density at radius 2 is 1.59 bits per heavy atom. The molecule has 0 saturated carbocycles. The van der Waals surface area contributed by atoms with Crippen LogP contribution in [0.25, 0.3) is 0 Å². The van der Waals surface area contributed by atoms with Crippen molar-refractivity contribution >= 4 is 5.97 Å². The van der Waals surface area contributed by atoms with Crippen molar-refractivity contribution < 1.29 is 14.7 Å². The summed E-state index contributed by atoms with van der Waals surface area (Å²) in [4.78, 5) is 16.9. The molecule has 2 rings (SSSR count). The molecule has 0 spiro atoms. The highest BCUT2D eigenvalue weighted by Crippen LogP contribution is 2.13. The first kappa shape index (κ1) is 16.2. The first-order valence-corrected chi connectivity index (χ1v) is 7.35. The van der Waals surface area contributed by atoms with Gasteiger partial charge in [0.1, 0.15) is 0 Å². The molecule has 22 heavy (non-hydrogen) atoms. The van der Waals surface area contributed by atoms with Gasteiger partial charge in [0.05, 0.1) is 12.5 Å². The standard InChI is InChI=1S/C18H21NO3/c1-14(19-22-13-16-10-6-3-7-11-16)17(18(20)21)12-15-8-4-2-5-9-15/h2-11,14,17,19H,12-13H2,1H3,(H,20,21)/t14-,17-/m0/s1. The molecule has 116 valence electrons. The summed E-state index contributed by atoms with van der Waals surface area (Å²) in [5.41, 5.74) is 4.90. The predicted molar refractivity (Wildman–Crippen MR) is 85.1 cm³/mol. The van der Waals surface area contributed by atoms with Crippen molar-refractivity contribution in [3.05, 3.63) is 71.8 Å². The number of hydrogen-bond donors (Lipinski definition) is 2. The zero-order valence-corrected chi connectivity index (χ0v) is 12.6. The number of aliphatic carboxylic acids is 1. The number of hydroxylamine groups is 1.